The van der Waals surface area contributed by atoms with Gasteiger partial charge in [0.25, 0.3) is 0 Å². The number of allylic oxidation sites excluding steroid dienone is 4. The van der Waals surface area contributed by atoms with E-state index in [4.69, 9.17) is 14.2 Å². The highest BCUT2D eigenvalue weighted by Crippen LogP contribution is 2.16. The lowest BCUT2D eigenvalue weighted by atomic mass is 10.0. The summed E-state index contributed by atoms with van der Waals surface area (Å²) in [5, 5.41) is 0. The monoisotopic (exact) mass is 831 g/mol. The van der Waals surface area contributed by atoms with Crippen LogP contribution in [0.5, 0.6) is 0 Å². The standard InChI is InChI=1S/C53H98O6/c1-4-7-10-13-15-17-19-21-23-25-26-28-29-31-33-35-37-40-43-46-52(55)58-49-50(48-57-51(54)45-42-39-12-9-6-3)59-53(56)47-44-41-38-36-34-32-30-27-24-22-20-18-16-14-11-8-5-2/h15,17,21,23,50H,4-14,16,18-20,22,24-49H2,1-3H3/b17-15-,23-21-. The first-order chi connectivity index (χ1) is 29.0. The Morgan fingerprint density at radius 2 is 0.610 bits per heavy atom. The molecule has 1 unspecified atom stereocenters. The molecule has 0 aliphatic rings. The molecular formula is C53H98O6. The van der Waals surface area contributed by atoms with Crippen LogP contribution in [-0.4, -0.2) is 37.2 Å². The average Bonchev–Trinajstić information content (AvgIpc) is 3.23. The van der Waals surface area contributed by atoms with Crippen molar-refractivity contribution in [3.8, 4) is 0 Å². The lowest BCUT2D eigenvalue weighted by molar-refractivity contribution is -0.167. The van der Waals surface area contributed by atoms with Crippen LogP contribution in [0.2, 0.25) is 0 Å². The van der Waals surface area contributed by atoms with Crippen molar-refractivity contribution in [1.29, 1.82) is 0 Å². The SMILES string of the molecule is CCCCC/C=C\C/C=C\CCCCCCCCCCCC(=O)OCC(COC(=O)CCCCCCC)OC(=O)CCCCCCCCCCCCCCCCCCC. The summed E-state index contributed by atoms with van der Waals surface area (Å²) in [6.07, 6.45) is 54.8. The van der Waals surface area contributed by atoms with Crippen molar-refractivity contribution in [3.05, 3.63) is 24.3 Å². The van der Waals surface area contributed by atoms with Crippen molar-refractivity contribution in [2.75, 3.05) is 13.2 Å². The van der Waals surface area contributed by atoms with Crippen LogP contribution in [0.15, 0.2) is 24.3 Å². The van der Waals surface area contributed by atoms with Gasteiger partial charge in [0.2, 0.25) is 0 Å². The molecule has 0 aliphatic heterocycles. The number of carbonyl (C=O) groups is 3. The first-order valence-corrected chi connectivity index (χ1v) is 25.8. The first kappa shape index (κ1) is 56.9. The van der Waals surface area contributed by atoms with E-state index in [1.165, 1.54) is 167 Å². The molecule has 6 heteroatoms. The lowest BCUT2D eigenvalue weighted by Crippen LogP contribution is -2.30. The zero-order chi connectivity index (χ0) is 43.0. The Hall–Kier alpha value is -2.11. The van der Waals surface area contributed by atoms with Gasteiger partial charge in [-0.1, -0.05) is 231 Å². The van der Waals surface area contributed by atoms with Crippen LogP contribution in [-0.2, 0) is 28.6 Å². The Labute approximate surface area is 366 Å². The number of unbranched alkanes of at least 4 members (excludes halogenated alkanes) is 32. The second-order valence-corrected chi connectivity index (χ2v) is 17.4. The summed E-state index contributed by atoms with van der Waals surface area (Å²) in [5.74, 6) is -0.874. The van der Waals surface area contributed by atoms with E-state index in [-0.39, 0.29) is 31.1 Å². The Bertz CT molecular complexity index is 958. The summed E-state index contributed by atoms with van der Waals surface area (Å²) in [6.45, 7) is 6.56. The van der Waals surface area contributed by atoms with Gasteiger partial charge in [0, 0.05) is 19.3 Å². The predicted molar refractivity (Wildman–Crippen MR) is 252 cm³/mol. The van der Waals surface area contributed by atoms with E-state index in [9.17, 15) is 14.4 Å². The van der Waals surface area contributed by atoms with Gasteiger partial charge in [-0.2, -0.15) is 0 Å². The molecule has 0 aromatic rings. The second kappa shape index (κ2) is 48.6. The molecule has 0 rings (SSSR count). The maximum Gasteiger partial charge on any atom is 0.306 e. The fourth-order valence-electron chi connectivity index (χ4n) is 7.53. The zero-order valence-electron chi connectivity index (χ0n) is 39.5. The van der Waals surface area contributed by atoms with E-state index >= 15 is 0 Å². The van der Waals surface area contributed by atoms with Crippen molar-refractivity contribution >= 4 is 17.9 Å². The molecule has 0 saturated carbocycles. The Balaban J connectivity index is 4.13. The molecule has 346 valence electrons. The number of esters is 3. The van der Waals surface area contributed by atoms with Crippen molar-refractivity contribution in [2.24, 2.45) is 0 Å². The van der Waals surface area contributed by atoms with Crippen LogP contribution < -0.4 is 0 Å². The van der Waals surface area contributed by atoms with Crippen LogP contribution in [0.4, 0.5) is 0 Å². The molecule has 0 bridgehead atoms. The molecule has 0 amide bonds. The normalized spacial score (nSPS) is 12.1. The zero-order valence-corrected chi connectivity index (χ0v) is 39.5. The first-order valence-electron chi connectivity index (χ1n) is 25.8. The molecule has 1 atom stereocenters. The summed E-state index contributed by atoms with van der Waals surface area (Å²) < 4.78 is 16.7. The summed E-state index contributed by atoms with van der Waals surface area (Å²) in [7, 11) is 0. The smallest absolute Gasteiger partial charge is 0.306 e. The molecule has 0 saturated heterocycles. The number of carbonyl (C=O) groups excluding carboxylic acids is 3. The number of hydrogen-bond acceptors (Lipinski definition) is 6. The molecule has 0 spiro atoms. The van der Waals surface area contributed by atoms with Crippen molar-refractivity contribution in [2.45, 2.75) is 284 Å². The van der Waals surface area contributed by atoms with Crippen LogP contribution >= 0.6 is 0 Å². The molecule has 0 N–H and O–H groups in total. The Kier molecular flexibility index (Phi) is 46.8. The van der Waals surface area contributed by atoms with E-state index in [1.54, 1.807) is 0 Å². The van der Waals surface area contributed by atoms with Gasteiger partial charge in [-0.05, 0) is 51.4 Å². The summed E-state index contributed by atoms with van der Waals surface area (Å²) in [5.41, 5.74) is 0. The van der Waals surface area contributed by atoms with Crippen molar-refractivity contribution < 1.29 is 28.6 Å². The van der Waals surface area contributed by atoms with E-state index < -0.39 is 6.10 Å². The van der Waals surface area contributed by atoms with Gasteiger partial charge in [-0.3, -0.25) is 14.4 Å². The third-order valence-corrected chi connectivity index (χ3v) is 11.5. The van der Waals surface area contributed by atoms with E-state index in [0.29, 0.717) is 19.3 Å². The molecule has 0 radical (unpaired) electrons. The number of rotatable bonds is 47. The fraction of sp³-hybridized carbons (Fsp3) is 0.868. The molecule has 0 fully saturated rings. The minimum Gasteiger partial charge on any atom is -0.462 e. The topological polar surface area (TPSA) is 78.9 Å². The minimum atomic E-state index is -0.764. The van der Waals surface area contributed by atoms with Crippen LogP contribution in [0.3, 0.4) is 0 Å². The van der Waals surface area contributed by atoms with Gasteiger partial charge in [-0.15, -0.1) is 0 Å². The Morgan fingerprint density at radius 3 is 0.966 bits per heavy atom. The minimum absolute atomic E-state index is 0.0700. The molecule has 6 nitrogen and oxygen atoms in total. The fourth-order valence-corrected chi connectivity index (χ4v) is 7.53. The van der Waals surface area contributed by atoms with Gasteiger partial charge in [0.05, 0.1) is 0 Å². The van der Waals surface area contributed by atoms with Crippen LogP contribution in [0.1, 0.15) is 278 Å². The second-order valence-electron chi connectivity index (χ2n) is 17.4. The van der Waals surface area contributed by atoms with Crippen LogP contribution in [0.25, 0.3) is 0 Å². The highest BCUT2D eigenvalue weighted by molar-refractivity contribution is 5.71. The largest absolute Gasteiger partial charge is 0.462 e. The van der Waals surface area contributed by atoms with E-state index in [0.717, 1.165) is 70.6 Å². The molecule has 59 heavy (non-hydrogen) atoms. The maximum atomic E-state index is 12.7. The molecule has 0 aliphatic carbocycles. The van der Waals surface area contributed by atoms with Crippen LogP contribution in [0, 0.1) is 0 Å². The van der Waals surface area contributed by atoms with Gasteiger partial charge in [0.1, 0.15) is 13.2 Å². The molecule has 0 aromatic heterocycles. The van der Waals surface area contributed by atoms with Crippen molar-refractivity contribution in [1.82, 2.24) is 0 Å². The van der Waals surface area contributed by atoms with Crippen molar-refractivity contribution in [3.63, 3.8) is 0 Å². The molecular weight excluding hydrogens is 733 g/mol. The van der Waals surface area contributed by atoms with Gasteiger partial charge >= 0.3 is 17.9 Å². The molecule has 0 heterocycles. The summed E-state index contributed by atoms with van der Waals surface area (Å²) in [4.78, 5) is 37.6. The summed E-state index contributed by atoms with van der Waals surface area (Å²) >= 11 is 0. The predicted octanol–water partition coefficient (Wildman–Crippen LogP) is 16.8. The van der Waals surface area contributed by atoms with E-state index in [1.807, 2.05) is 0 Å². The highest BCUT2D eigenvalue weighted by Gasteiger charge is 2.19. The van der Waals surface area contributed by atoms with E-state index in [2.05, 4.69) is 45.1 Å². The average molecular weight is 831 g/mol. The summed E-state index contributed by atoms with van der Waals surface area (Å²) in [6, 6.07) is 0. The Morgan fingerprint density at radius 1 is 0.339 bits per heavy atom. The maximum absolute atomic E-state index is 12.7. The van der Waals surface area contributed by atoms with Gasteiger partial charge in [-0.25, -0.2) is 0 Å². The third kappa shape index (κ3) is 46.8. The number of ether oxygens (including phenoxy) is 3. The third-order valence-electron chi connectivity index (χ3n) is 11.5. The lowest BCUT2D eigenvalue weighted by Gasteiger charge is -2.18. The van der Waals surface area contributed by atoms with Gasteiger partial charge < -0.3 is 14.2 Å². The van der Waals surface area contributed by atoms with Gasteiger partial charge in [0.15, 0.2) is 6.10 Å². The number of hydrogen-bond donors (Lipinski definition) is 0. The molecule has 0 aromatic carbocycles. The quantitative estimate of drug-likeness (QED) is 0.0263. The highest BCUT2D eigenvalue weighted by atomic mass is 16.6.